The van der Waals surface area contributed by atoms with Gasteiger partial charge in [-0.05, 0) is 50.2 Å². The molecular formula is C20H20Cl2N2O4. The van der Waals surface area contributed by atoms with Crippen molar-refractivity contribution in [2.45, 2.75) is 13.8 Å². The Kier molecular flexibility index (Phi) is 7.84. The van der Waals surface area contributed by atoms with E-state index in [0.29, 0.717) is 24.3 Å². The van der Waals surface area contributed by atoms with E-state index in [1.165, 1.54) is 12.1 Å². The van der Waals surface area contributed by atoms with E-state index in [-0.39, 0.29) is 21.5 Å². The summed E-state index contributed by atoms with van der Waals surface area (Å²) >= 11 is 11.9. The number of carbonyl (C=O) groups is 3. The molecule has 148 valence electrons. The number of halogens is 2. The third-order valence-corrected chi connectivity index (χ3v) is 4.60. The molecule has 28 heavy (non-hydrogen) atoms. The molecule has 2 aromatic rings. The highest BCUT2D eigenvalue weighted by Crippen LogP contribution is 2.24. The van der Waals surface area contributed by atoms with Gasteiger partial charge in [-0.2, -0.15) is 0 Å². The second kappa shape index (κ2) is 10.1. The van der Waals surface area contributed by atoms with E-state index in [1.54, 1.807) is 35.2 Å². The average Bonchev–Trinajstić information content (AvgIpc) is 2.67. The molecule has 0 aromatic heterocycles. The highest BCUT2D eigenvalue weighted by molar-refractivity contribution is 6.39. The Morgan fingerprint density at radius 3 is 2.07 bits per heavy atom. The molecule has 8 heteroatoms. The lowest BCUT2D eigenvalue weighted by Gasteiger charge is -2.18. The number of anilines is 1. The van der Waals surface area contributed by atoms with Crippen LogP contribution in [0.2, 0.25) is 10.0 Å². The molecule has 2 rings (SSSR count). The first-order valence-corrected chi connectivity index (χ1v) is 9.43. The molecule has 0 heterocycles. The molecule has 0 fully saturated rings. The Morgan fingerprint density at radius 2 is 1.54 bits per heavy atom. The summed E-state index contributed by atoms with van der Waals surface area (Å²) in [6, 6.07) is 11.1. The molecule has 0 spiro atoms. The number of nitrogens with zero attached hydrogens (tertiary/aromatic N) is 1. The van der Waals surface area contributed by atoms with Crippen molar-refractivity contribution in [3.05, 3.63) is 63.6 Å². The molecule has 2 amide bonds. The van der Waals surface area contributed by atoms with Gasteiger partial charge in [0.15, 0.2) is 6.61 Å². The van der Waals surface area contributed by atoms with Crippen molar-refractivity contribution in [2.75, 3.05) is 25.0 Å². The van der Waals surface area contributed by atoms with E-state index < -0.39 is 18.5 Å². The number of carbonyl (C=O) groups excluding carboxylic acids is 3. The molecular weight excluding hydrogens is 403 g/mol. The Labute approximate surface area is 173 Å². The van der Waals surface area contributed by atoms with Gasteiger partial charge in [0.2, 0.25) is 0 Å². The van der Waals surface area contributed by atoms with Crippen molar-refractivity contribution in [1.82, 2.24) is 4.90 Å². The summed E-state index contributed by atoms with van der Waals surface area (Å²) in [6.45, 7) is 4.56. The van der Waals surface area contributed by atoms with Crippen LogP contribution in [-0.2, 0) is 9.53 Å². The largest absolute Gasteiger partial charge is 0.452 e. The number of ether oxygens (including phenoxy) is 1. The first-order valence-electron chi connectivity index (χ1n) is 8.67. The van der Waals surface area contributed by atoms with Crippen LogP contribution in [0.5, 0.6) is 0 Å². The SMILES string of the molecule is CCN(CC)C(=O)c1ccc(NC(=O)COC(=O)c2c(Cl)cccc2Cl)cc1. The van der Waals surface area contributed by atoms with Crippen LogP contribution in [-0.4, -0.2) is 42.4 Å². The van der Waals surface area contributed by atoms with E-state index >= 15 is 0 Å². The lowest BCUT2D eigenvalue weighted by atomic mass is 10.2. The second-order valence-electron chi connectivity index (χ2n) is 5.78. The summed E-state index contributed by atoms with van der Waals surface area (Å²) in [6.07, 6.45) is 0. The smallest absolute Gasteiger partial charge is 0.341 e. The highest BCUT2D eigenvalue weighted by Gasteiger charge is 2.17. The van der Waals surface area contributed by atoms with Gasteiger partial charge in [-0.25, -0.2) is 4.79 Å². The number of hydrogen-bond acceptors (Lipinski definition) is 4. The van der Waals surface area contributed by atoms with Crippen LogP contribution in [0.3, 0.4) is 0 Å². The Balaban J connectivity index is 1.93. The third-order valence-electron chi connectivity index (χ3n) is 3.97. The minimum atomic E-state index is -0.786. The predicted octanol–water partition coefficient (Wildman–Crippen LogP) is 4.27. The Bertz CT molecular complexity index is 845. The van der Waals surface area contributed by atoms with Crippen LogP contribution < -0.4 is 5.32 Å². The number of hydrogen-bond donors (Lipinski definition) is 1. The molecule has 0 bridgehead atoms. The first kappa shape index (κ1) is 21.7. The predicted molar refractivity (Wildman–Crippen MR) is 109 cm³/mol. The second-order valence-corrected chi connectivity index (χ2v) is 6.59. The molecule has 2 aromatic carbocycles. The van der Waals surface area contributed by atoms with Gasteiger partial charge in [0.25, 0.3) is 11.8 Å². The number of benzene rings is 2. The van der Waals surface area contributed by atoms with Crippen LogP contribution in [0, 0.1) is 0 Å². The maximum atomic E-state index is 12.3. The van der Waals surface area contributed by atoms with E-state index in [0.717, 1.165) is 0 Å². The monoisotopic (exact) mass is 422 g/mol. The Hall–Kier alpha value is -2.57. The standard InChI is InChI=1S/C20H20Cl2N2O4/c1-3-24(4-2)19(26)13-8-10-14(11-9-13)23-17(25)12-28-20(27)18-15(21)6-5-7-16(18)22/h5-11H,3-4,12H2,1-2H3,(H,23,25). The fourth-order valence-corrected chi connectivity index (χ4v) is 3.03. The van der Waals surface area contributed by atoms with Crippen LogP contribution in [0.15, 0.2) is 42.5 Å². The summed E-state index contributed by atoms with van der Waals surface area (Å²) in [4.78, 5) is 38.0. The zero-order valence-electron chi connectivity index (χ0n) is 15.5. The number of nitrogens with one attached hydrogen (secondary N) is 1. The van der Waals surface area contributed by atoms with Crippen LogP contribution in [0.25, 0.3) is 0 Å². The van der Waals surface area contributed by atoms with Crippen LogP contribution in [0.1, 0.15) is 34.6 Å². The van der Waals surface area contributed by atoms with Gasteiger partial charge >= 0.3 is 5.97 Å². The van der Waals surface area contributed by atoms with Crippen molar-refractivity contribution < 1.29 is 19.1 Å². The third kappa shape index (κ3) is 5.47. The lowest BCUT2D eigenvalue weighted by molar-refractivity contribution is -0.119. The van der Waals surface area contributed by atoms with Gasteiger partial charge in [0.1, 0.15) is 0 Å². The normalized spacial score (nSPS) is 10.3. The summed E-state index contributed by atoms with van der Waals surface area (Å²) in [7, 11) is 0. The van der Waals surface area contributed by atoms with Gasteiger partial charge in [-0.1, -0.05) is 29.3 Å². The highest BCUT2D eigenvalue weighted by atomic mass is 35.5. The molecule has 0 saturated carbocycles. The Morgan fingerprint density at radius 1 is 0.964 bits per heavy atom. The van der Waals surface area contributed by atoms with Gasteiger partial charge in [0, 0.05) is 24.3 Å². The first-order chi connectivity index (χ1) is 13.4. The topological polar surface area (TPSA) is 75.7 Å². The van der Waals surface area contributed by atoms with Crippen LogP contribution >= 0.6 is 23.2 Å². The molecule has 0 saturated heterocycles. The summed E-state index contributed by atoms with van der Waals surface area (Å²) in [5.74, 6) is -1.39. The minimum Gasteiger partial charge on any atom is -0.452 e. The van der Waals surface area contributed by atoms with E-state index in [2.05, 4.69) is 5.32 Å². The zero-order valence-corrected chi connectivity index (χ0v) is 17.0. The molecule has 0 aliphatic heterocycles. The molecule has 0 aliphatic rings. The van der Waals surface area contributed by atoms with Crippen molar-refractivity contribution in [2.24, 2.45) is 0 Å². The quantitative estimate of drug-likeness (QED) is 0.675. The van der Waals surface area contributed by atoms with Crippen LogP contribution in [0.4, 0.5) is 5.69 Å². The molecule has 0 radical (unpaired) electrons. The molecule has 0 aliphatic carbocycles. The number of rotatable bonds is 7. The summed E-state index contributed by atoms with van der Waals surface area (Å²) in [5.41, 5.74) is 1.02. The number of amides is 2. The fourth-order valence-electron chi connectivity index (χ4n) is 2.48. The van der Waals surface area contributed by atoms with Crippen molar-refractivity contribution in [3.63, 3.8) is 0 Å². The van der Waals surface area contributed by atoms with E-state index in [9.17, 15) is 14.4 Å². The van der Waals surface area contributed by atoms with Crippen molar-refractivity contribution in [3.8, 4) is 0 Å². The maximum absolute atomic E-state index is 12.3. The molecule has 0 atom stereocenters. The van der Waals surface area contributed by atoms with E-state index in [4.69, 9.17) is 27.9 Å². The molecule has 1 N–H and O–H groups in total. The minimum absolute atomic E-state index is 0.0119. The van der Waals surface area contributed by atoms with E-state index in [1.807, 2.05) is 13.8 Å². The summed E-state index contributed by atoms with van der Waals surface area (Å²) < 4.78 is 4.97. The summed E-state index contributed by atoms with van der Waals surface area (Å²) in [5, 5.41) is 2.88. The van der Waals surface area contributed by atoms with Crippen molar-refractivity contribution >= 4 is 46.7 Å². The number of esters is 1. The molecule has 6 nitrogen and oxygen atoms in total. The fraction of sp³-hybridized carbons (Fsp3) is 0.250. The van der Waals surface area contributed by atoms with Gasteiger partial charge < -0.3 is 15.0 Å². The molecule has 0 unspecified atom stereocenters. The van der Waals surface area contributed by atoms with Gasteiger partial charge in [-0.15, -0.1) is 0 Å². The van der Waals surface area contributed by atoms with Gasteiger partial charge in [-0.3, -0.25) is 9.59 Å². The maximum Gasteiger partial charge on any atom is 0.341 e. The lowest BCUT2D eigenvalue weighted by Crippen LogP contribution is -2.30. The van der Waals surface area contributed by atoms with Crippen molar-refractivity contribution in [1.29, 1.82) is 0 Å². The average molecular weight is 423 g/mol. The zero-order chi connectivity index (χ0) is 20.7. The van der Waals surface area contributed by atoms with Gasteiger partial charge in [0.05, 0.1) is 15.6 Å².